The van der Waals surface area contributed by atoms with Crippen LogP contribution in [0.4, 0.5) is 0 Å². The van der Waals surface area contributed by atoms with Crippen LogP contribution < -0.4 is 58.2 Å². The molecule has 0 atom stereocenters. The second-order valence-corrected chi connectivity index (χ2v) is 4.29. The minimum atomic E-state index is -1.56. The minimum absolute atomic E-state index is 0. The Balaban J connectivity index is 0.00000441. The fourth-order valence-electron chi connectivity index (χ4n) is 1.81. The van der Waals surface area contributed by atoms with Crippen molar-refractivity contribution in [2.45, 2.75) is 20.8 Å². The van der Waals surface area contributed by atoms with E-state index in [0.29, 0.717) is 11.5 Å². The van der Waals surface area contributed by atoms with Crippen LogP contribution in [-0.2, 0) is 23.9 Å². The minimum Gasteiger partial charge on any atom is -0.465 e. The van der Waals surface area contributed by atoms with Gasteiger partial charge < -0.3 is 14.3 Å². The average Bonchev–Trinajstić information content (AvgIpc) is 2.48. The number of esters is 2. The second kappa shape index (κ2) is 11.1. The zero-order valence-electron chi connectivity index (χ0n) is 13.4. The number of carbonyl (C=O) groups excluding carboxylic acids is 3. The van der Waals surface area contributed by atoms with Crippen LogP contribution in [0.5, 0.6) is 0 Å². The van der Waals surface area contributed by atoms with Crippen LogP contribution in [0.2, 0.25) is 0 Å². The molecule has 0 fully saturated rings. The second-order valence-electron chi connectivity index (χ2n) is 4.29. The predicted molar refractivity (Wildman–Crippen MR) is 76.2 cm³/mol. The van der Waals surface area contributed by atoms with Crippen molar-refractivity contribution in [1.29, 1.82) is 0 Å². The molecule has 0 bridgehead atoms. The third-order valence-electron chi connectivity index (χ3n) is 2.88. The molecular weight excluding hydrogens is 358 g/mol. The van der Waals surface area contributed by atoms with E-state index in [2.05, 4.69) is 0 Å². The van der Waals surface area contributed by atoms with E-state index < -0.39 is 23.6 Å². The van der Waals surface area contributed by atoms with Crippen molar-refractivity contribution < 1.29 is 82.0 Å². The van der Waals surface area contributed by atoms with E-state index in [4.69, 9.17) is 9.47 Å². The van der Waals surface area contributed by atoms with E-state index in [-0.39, 0.29) is 71.4 Å². The molecule has 0 saturated carbocycles. The van der Waals surface area contributed by atoms with E-state index in [1.54, 1.807) is 45.0 Å². The summed E-state index contributed by atoms with van der Waals surface area (Å²) in [5.41, 5.74) is 0.654. The van der Waals surface area contributed by atoms with Crippen LogP contribution in [0.15, 0.2) is 30.3 Å². The van der Waals surface area contributed by atoms with E-state index in [0.717, 1.165) is 0 Å². The molecule has 0 aliphatic carbocycles. The van der Waals surface area contributed by atoms with Gasteiger partial charge in [0.2, 0.25) is 5.92 Å². The normalized spacial score (nSPS) is 9.64. The number of carbonyl (C=O) groups is 3. The molecule has 0 radical (unpaired) electrons. The maximum absolute atomic E-state index is 12.4. The van der Waals surface area contributed by atoms with E-state index >= 15 is 0 Å². The molecule has 1 aromatic rings. The summed E-state index contributed by atoms with van der Waals surface area (Å²) in [5.74, 6) is -3.60. The summed E-state index contributed by atoms with van der Waals surface area (Å²) in [6, 6.07) is 8.84. The Kier molecular flexibility index (Phi) is 10.9. The van der Waals surface area contributed by atoms with Crippen molar-refractivity contribution in [3.05, 3.63) is 41.8 Å². The van der Waals surface area contributed by atoms with Crippen LogP contribution in [0.25, 0.3) is 0 Å². The van der Waals surface area contributed by atoms with Crippen molar-refractivity contribution in [3.8, 4) is 0 Å². The zero-order valence-corrected chi connectivity index (χ0v) is 18.3. The molecular formula is C16H19O5Rb. The van der Waals surface area contributed by atoms with Gasteiger partial charge in [0.05, 0.1) is 13.2 Å². The summed E-state index contributed by atoms with van der Waals surface area (Å²) >= 11 is 0. The molecule has 0 N–H and O–H groups in total. The van der Waals surface area contributed by atoms with Gasteiger partial charge in [-0.1, -0.05) is 13.0 Å². The molecule has 114 valence electrons. The van der Waals surface area contributed by atoms with Crippen LogP contribution in [0, 0.1) is 11.8 Å². The Morgan fingerprint density at radius 3 is 1.86 bits per heavy atom. The smallest absolute Gasteiger partial charge is 0.465 e. The predicted octanol–water partition coefficient (Wildman–Crippen LogP) is -1.06. The summed E-state index contributed by atoms with van der Waals surface area (Å²) in [5, 5.41) is 0. The van der Waals surface area contributed by atoms with E-state index in [1.165, 1.54) is 0 Å². The van der Waals surface area contributed by atoms with Gasteiger partial charge >= 0.3 is 70.1 Å². The van der Waals surface area contributed by atoms with Gasteiger partial charge in [0.1, 0.15) is 5.78 Å². The van der Waals surface area contributed by atoms with Gasteiger partial charge in [-0.05, 0) is 13.8 Å². The maximum atomic E-state index is 12.4. The molecule has 0 aromatic heterocycles. The quantitative estimate of drug-likeness (QED) is 0.345. The zero-order chi connectivity index (χ0) is 15.8. The molecule has 0 amide bonds. The summed E-state index contributed by atoms with van der Waals surface area (Å²) in [4.78, 5) is 36.2. The number of rotatable bonds is 7. The Labute approximate surface area is 179 Å². The van der Waals surface area contributed by atoms with Crippen molar-refractivity contribution >= 4 is 17.7 Å². The number of hydrogen-bond donors (Lipinski definition) is 0. The number of hydrogen-bond acceptors (Lipinski definition) is 5. The molecule has 0 saturated heterocycles. The molecule has 0 unspecified atom stereocenters. The van der Waals surface area contributed by atoms with Crippen molar-refractivity contribution in [2.24, 2.45) is 5.92 Å². The van der Waals surface area contributed by atoms with Crippen LogP contribution in [-0.4, -0.2) is 30.9 Å². The van der Waals surface area contributed by atoms with Gasteiger partial charge in [-0.2, -0.15) is 17.7 Å². The number of benzene rings is 1. The van der Waals surface area contributed by atoms with Crippen molar-refractivity contribution in [1.82, 2.24) is 0 Å². The Morgan fingerprint density at radius 2 is 1.45 bits per heavy atom. The maximum Gasteiger partial charge on any atom is 1.00 e. The Hall–Kier alpha value is -0.495. The monoisotopic (exact) mass is 376 g/mol. The van der Waals surface area contributed by atoms with Crippen LogP contribution in [0.1, 0.15) is 26.3 Å². The molecule has 6 heteroatoms. The molecule has 0 spiro atoms. The molecule has 1 aromatic carbocycles. The third-order valence-corrected chi connectivity index (χ3v) is 2.88. The van der Waals surface area contributed by atoms with Gasteiger partial charge in [-0.25, -0.2) is 0 Å². The number of ether oxygens (including phenoxy) is 2. The third kappa shape index (κ3) is 5.95. The summed E-state index contributed by atoms with van der Waals surface area (Å²) < 4.78 is 9.61. The topological polar surface area (TPSA) is 69.7 Å². The van der Waals surface area contributed by atoms with Crippen LogP contribution >= 0.6 is 0 Å². The first-order valence-corrected chi connectivity index (χ1v) is 6.79. The Bertz CT molecular complexity index is 483. The summed E-state index contributed by atoms with van der Waals surface area (Å²) in [7, 11) is 0. The molecule has 5 nitrogen and oxygen atoms in total. The van der Waals surface area contributed by atoms with Gasteiger partial charge in [0.15, 0.2) is 0 Å². The molecule has 1 rings (SSSR count). The number of Topliss-reactive ketones (excluding diaryl/α,β-unsaturated/α-hetero) is 1. The van der Waals surface area contributed by atoms with Crippen molar-refractivity contribution in [3.63, 3.8) is 0 Å². The van der Waals surface area contributed by atoms with Gasteiger partial charge in [0, 0.05) is 0 Å². The first-order valence-electron chi connectivity index (χ1n) is 6.79. The van der Waals surface area contributed by atoms with Gasteiger partial charge in [-0.15, -0.1) is 18.1 Å². The number of ketones is 1. The first-order chi connectivity index (χ1) is 10.0. The fourth-order valence-corrected chi connectivity index (χ4v) is 1.81. The summed E-state index contributed by atoms with van der Waals surface area (Å²) in [6.45, 7) is 4.97. The molecule has 0 aliphatic heterocycles. The molecule has 0 aliphatic rings. The van der Waals surface area contributed by atoms with Gasteiger partial charge in [0.25, 0.3) is 0 Å². The SMILES string of the molecule is CCOC(=O)C(C(=O)OCC)C(=O)[C-](C)c1ccccc1.[Rb+]. The molecule has 0 heterocycles. The largest absolute Gasteiger partial charge is 1.00 e. The fraction of sp³-hybridized carbons (Fsp3) is 0.375. The van der Waals surface area contributed by atoms with Crippen molar-refractivity contribution in [2.75, 3.05) is 13.2 Å². The van der Waals surface area contributed by atoms with E-state index in [1.807, 2.05) is 6.07 Å². The first kappa shape index (κ1) is 21.5. The van der Waals surface area contributed by atoms with E-state index in [9.17, 15) is 14.4 Å². The Morgan fingerprint density at radius 1 is 1.00 bits per heavy atom. The summed E-state index contributed by atoms with van der Waals surface area (Å²) in [6.07, 6.45) is 0. The standard InChI is InChI=1S/C16H19O5.Rb/c1-4-20-15(18)13(16(19)21-5-2)14(17)11(3)12-9-7-6-8-10-12;/h6-10,13H,4-5H2,1-3H3;/q-1;+1. The average molecular weight is 377 g/mol. The molecule has 22 heavy (non-hydrogen) atoms. The van der Waals surface area contributed by atoms with Crippen LogP contribution in [0.3, 0.4) is 0 Å². The van der Waals surface area contributed by atoms with Gasteiger partial charge in [-0.3, -0.25) is 9.59 Å².